The monoisotopic (exact) mass is 151 g/mol. The van der Waals surface area contributed by atoms with E-state index in [0.717, 1.165) is 0 Å². The summed E-state index contributed by atoms with van der Waals surface area (Å²) in [6, 6.07) is -0.0949. The van der Waals surface area contributed by atoms with E-state index in [1.807, 2.05) is 20.8 Å². The zero-order chi connectivity index (χ0) is 6.78. The Morgan fingerprint density at radius 1 is 1.44 bits per heavy atom. The van der Waals surface area contributed by atoms with Gasteiger partial charge in [0, 0.05) is 6.04 Å². The van der Waals surface area contributed by atoms with Crippen LogP contribution < -0.4 is 5.73 Å². The molecule has 2 nitrogen and oxygen atoms in total. The van der Waals surface area contributed by atoms with E-state index in [-0.39, 0.29) is 31.6 Å². The average molecular weight is 151 g/mol. The van der Waals surface area contributed by atoms with E-state index in [1.165, 1.54) is 0 Å². The van der Waals surface area contributed by atoms with Gasteiger partial charge < -0.3 is 10.8 Å². The fraction of sp³-hybridized carbons (Fsp3) is 1.00. The van der Waals surface area contributed by atoms with Gasteiger partial charge in [0.05, 0.1) is 6.61 Å². The first-order valence-corrected chi connectivity index (χ1v) is 2.85. The van der Waals surface area contributed by atoms with Crippen molar-refractivity contribution in [3.8, 4) is 0 Å². The molecule has 3 N–H and O–H groups in total. The minimum atomic E-state index is -0.0949. The van der Waals surface area contributed by atoms with Crippen molar-refractivity contribution in [1.29, 1.82) is 0 Å². The molecule has 0 aliphatic rings. The second-order valence-electron chi connectivity index (χ2n) is 3.16. The molecule has 0 unspecified atom stereocenters. The first kappa shape index (κ1) is 12.0. The van der Waals surface area contributed by atoms with E-state index < -0.39 is 0 Å². The van der Waals surface area contributed by atoms with E-state index in [4.69, 9.17) is 10.8 Å². The fourth-order valence-corrected chi connectivity index (χ4v) is 0.274. The molecule has 0 spiro atoms. The Hall–Kier alpha value is 0.270. The third kappa shape index (κ3) is 4.75. The van der Waals surface area contributed by atoms with Crippen molar-refractivity contribution in [1.82, 2.24) is 0 Å². The first-order chi connectivity index (χ1) is 3.48. The molecule has 0 amide bonds. The summed E-state index contributed by atoms with van der Waals surface area (Å²) in [5.41, 5.74) is 5.54. The van der Waals surface area contributed by atoms with Crippen molar-refractivity contribution in [3.05, 3.63) is 0 Å². The van der Waals surface area contributed by atoms with Crippen LogP contribution in [0.3, 0.4) is 0 Å². The average Bonchev–Trinajstić information content (AvgIpc) is 1.62. The van der Waals surface area contributed by atoms with E-state index in [1.54, 1.807) is 0 Å². The quantitative estimate of drug-likeness (QED) is 0.572. The number of nitrogens with two attached hydrogens (primary N) is 1. The van der Waals surface area contributed by atoms with Gasteiger partial charge in [0.2, 0.25) is 0 Å². The van der Waals surface area contributed by atoms with Gasteiger partial charge in [-0.05, 0) is 5.41 Å². The number of rotatable bonds is 1. The third-order valence-corrected chi connectivity index (χ3v) is 1.31. The highest BCUT2D eigenvalue weighted by Crippen LogP contribution is 2.15. The Morgan fingerprint density at radius 3 is 1.78 bits per heavy atom. The van der Waals surface area contributed by atoms with Crippen LogP contribution in [-0.2, 0) is 0 Å². The van der Waals surface area contributed by atoms with Gasteiger partial charge in [0.25, 0.3) is 0 Å². The molecule has 0 saturated carbocycles. The van der Waals surface area contributed by atoms with Crippen LogP contribution in [0.25, 0.3) is 0 Å². The minimum Gasteiger partial charge on any atom is -0.395 e. The van der Waals surface area contributed by atoms with Crippen LogP contribution >= 0.6 is 13.5 Å². The lowest BCUT2D eigenvalue weighted by molar-refractivity contribution is 0.189. The topological polar surface area (TPSA) is 46.2 Å². The number of hydrogen-bond acceptors (Lipinski definition) is 2. The maximum Gasteiger partial charge on any atom is 0.0587 e. The van der Waals surface area contributed by atoms with Crippen LogP contribution in [-0.4, -0.2) is 17.8 Å². The van der Waals surface area contributed by atoms with Gasteiger partial charge in [-0.3, -0.25) is 0 Å². The highest BCUT2D eigenvalue weighted by Gasteiger charge is 2.18. The van der Waals surface area contributed by atoms with E-state index in [2.05, 4.69) is 0 Å². The second-order valence-corrected chi connectivity index (χ2v) is 3.16. The summed E-state index contributed by atoms with van der Waals surface area (Å²) in [5, 5.41) is 8.55. The minimum absolute atomic E-state index is 0. The van der Waals surface area contributed by atoms with Crippen LogP contribution in [0.15, 0.2) is 0 Å². The van der Waals surface area contributed by atoms with Gasteiger partial charge in [-0.25, -0.2) is 0 Å². The van der Waals surface area contributed by atoms with Crippen LogP contribution in [0.2, 0.25) is 0 Å². The van der Waals surface area contributed by atoms with E-state index in [9.17, 15) is 0 Å². The molecule has 0 bridgehead atoms. The molecule has 0 aliphatic carbocycles. The van der Waals surface area contributed by atoms with Gasteiger partial charge in [0.15, 0.2) is 0 Å². The molecule has 0 aromatic heterocycles. The van der Waals surface area contributed by atoms with E-state index >= 15 is 0 Å². The van der Waals surface area contributed by atoms with Crippen molar-refractivity contribution in [3.63, 3.8) is 0 Å². The summed E-state index contributed by atoms with van der Waals surface area (Å²) in [7, 11) is 0. The molecule has 0 aromatic carbocycles. The molecule has 0 aliphatic heterocycles. The van der Waals surface area contributed by atoms with Crippen molar-refractivity contribution < 1.29 is 5.11 Å². The highest BCUT2D eigenvalue weighted by atomic mass is 32.1. The second kappa shape index (κ2) is 4.14. The Labute approximate surface area is 63.9 Å². The van der Waals surface area contributed by atoms with Crippen molar-refractivity contribution in [2.24, 2.45) is 11.1 Å². The Morgan fingerprint density at radius 2 is 1.78 bits per heavy atom. The van der Waals surface area contributed by atoms with Crippen LogP contribution in [0.5, 0.6) is 0 Å². The smallest absolute Gasteiger partial charge is 0.0587 e. The van der Waals surface area contributed by atoms with Gasteiger partial charge >= 0.3 is 0 Å². The highest BCUT2D eigenvalue weighted by molar-refractivity contribution is 7.59. The lowest BCUT2D eigenvalue weighted by Crippen LogP contribution is -2.37. The SMILES string of the molecule is CC(C)(C)[C@H](N)CO.S. The normalized spacial score (nSPS) is 14.3. The van der Waals surface area contributed by atoms with Gasteiger partial charge in [-0.15, -0.1) is 0 Å². The van der Waals surface area contributed by atoms with Crippen molar-refractivity contribution >= 4 is 13.5 Å². The van der Waals surface area contributed by atoms with Gasteiger partial charge in [-0.2, -0.15) is 13.5 Å². The zero-order valence-corrected chi connectivity index (χ0v) is 7.31. The number of aliphatic hydroxyl groups is 1. The standard InChI is InChI=1S/C6H15NO.H2S/c1-6(2,3)5(7)4-8;/h5,8H,4,7H2,1-3H3;1H2/t5-;/m1./s1. The number of hydrogen-bond donors (Lipinski definition) is 2. The Balaban J connectivity index is 0. The van der Waals surface area contributed by atoms with E-state index in [0.29, 0.717) is 0 Å². The molecular weight excluding hydrogens is 134 g/mol. The van der Waals surface area contributed by atoms with Crippen molar-refractivity contribution in [2.45, 2.75) is 26.8 Å². The molecule has 58 valence electrons. The van der Waals surface area contributed by atoms with Crippen LogP contribution in [0.4, 0.5) is 0 Å². The predicted molar refractivity (Wildman–Crippen MR) is 44.9 cm³/mol. The maximum atomic E-state index is 8.55. The lowest BCUT2D eigenvalue weighted by Gasteiger charge is -2.24. The molecule has 1 atom stereocenters. The van der Waals surface area contributed by atoms with Gasteiger partial charge in [-0.1, -0.05) is 20.8 Å². The maximum absolute atomic E-state index is 8.55. The largest absolute Gasteiger partial charge is 0.395 e. The molecule has 3 heteroatoms. The molecule has 0 fully saturated rings. The van der Waals surface area contributed by atoms with Crippen LogP contribution in [0.1, 0.15) is 20.8 Å². The summed E-state index contributed by atoms with van der Waals surface area (Å²) >= 11 is 0. The Bertz CT molecular complexity index is 69.9. The molecule has 0 heterocycles. The zero-order valence-electron chi connectivity index (χ0n) is 6.31. The predicted octanol–water partition coefficient (Wildman–Crippen LogP) is 0.465. The molecule has 0 radical (unpaired) electrons. The third-order valence-electron chi connectivity index (χ3n) is 1.31. The molecule has 0 rings (SSSR count). The summed E-state index contributed by atoms with van der Waals surface area (Å²) < 4.78 is 0. The molecule has 0 saturated heterocycles. The Kier molecular flexibility index (Phi) is 5.52. The lowest BCUT2D eigenvalue weighted by atomic mass is 9.88. The summed E-state index contributed by atoms with van der Waals surface area (Å²) in [4.78, 5) is 0. The summed E-state index contributed by atoms with van der Waals surface area (Å²) in [6.07, 6.45) is 0. The van der Waals surface area contributed by atoms with Crippen molar-refractivity contribution in [2.75, 3.05) is 6.61 Å². The molecule has 0 aromatic rings. The van der Waals surface area contributed by atoms with Crippen LogP contribution in [0, 0.1) is 5.41 Å². The van der Waals surface area contributed by atoms with Gasteiger partial charge in [0.1, 0.15) is 0 Å². The first-order valence-electron chi connectivity index (χ1n) is 2.85. The molecule has 9 heavy (non-hydrogen) atoms. The summed E-state index contributed by atoms with van der Waals surface area (Å²) in [6.45, 7) is 6.10. The summed E-state index contributed by atoms with van der Waals surface area (Å²) in [5.74, 6) is 0. The number of aliphatic hydroxyl groups excluding tert-OH is 1. The fourth-order valence-electron chi connectivity index (χ4n) is 0.274. The molecular formula is C6H17NOS.